The summed E-state index contributed by atoms with van der Waals surface area (Å²) in [6.07, 6.45) is 16.9. The number of hydrogen-bond acceptors (Lipinski definition) is 4. The standard InChI is InChI=1S/C27H46F2N2O4/c28-22(16-11-7-3-1-5-9-13-20-32)26(34)30-24-18-15-19-25(24)31-27(35)23(29)17-12-8-4-2-6-10-14-21-33/h16-17,24-25,32-33H,1-15,18-21H2,(H,30,34)(H,31,35). The Morgan fingerprint density at radius 3 is 1.34 bits per heavy atom. The number of allylic oxidation sites excluding steroid dienone is 2. The van der Waals surface area contributed by atoms with E-state index in [2.05, 4.69) is 10.6 Å². The molecular weight excluding hydrogens is 454 g/mol. The Balaban J connectivity index is 2.30. The molecule has 0 aliphatic heterocycles. The fraction of sp³-hybridized carbons (Fsp3) is 0.778. The summed E-state index contributed by atoms with van der Waals surface area (Å²) >= 11 is 0. The lowest BCUT2D eigenvalue weighted by atomic mass is 10.1. The van der Waals surface area contributed by atoms with Crippen LogP contribution in [0.3, 0.4) is 0 Å². The lowest BCUT2D eigenvalue weighted by Crippen LogP contribution is -2.48. The van der Waals surface area contributed by atoms with Crippen molar-refractivity contribution in [2.75, 3.05) is 13.2 Å². The van der Waals surface area contributed by atoms with E-state index >= 15 is 0 Å². The summed E-state index contributed by atoms with van der Waals surface area (Å²) in [6, 6.07) is -0.826. The van der Waals surface area contributed by atoms with Crippen LogP contribution >= 0.6 is 0 Å². The quantitative estimate of drug-likeness (QED) is 0.135. The second kappa shape index (κ2) is 20.4. The van der Waals surface area contributed by atoms with Crippen molar-refractivity contribution in [1.29, 1.82) is 0 Å². The Morgan fingerprint density at radius 1 is 0.629 bits per heavy atom. The van der Waals surface area contributed by atoms with Gasteiger partial charge < -0.3 is 20.8 Å². The van der Waals surface area contributed by atoms with Crippen LogP contribution < -0.4 is 10.6 Å². The Bertz CT molecular complexity index is 601. The van der Waals surface area contributed by atoms with E-state index in [4.69, 9.17) is 10.2 Å². The predicted molar refractivity (Wildman–Crippen MR) is 135 cm³/mol. The predicted octanol–water partition coefficient (Wildman–Crippen LogP) is 5.29. The molecule has 2 amide bonds. The van der Waals surface area contributed by atoms with E-state index in [9.17, 15) is 18.4 Å². The highest BCUT2D eigenvalue weighted by atomic mass is 19.1. The molecule has 35 heavy (non-hydrogen) atoms. The van der Waals surface area contributed by atoms with E-state index in [1.54, 1.807) is 0 Å². The SMILES string of the molecule is O=C(NC1CCCC1NC(=O)C(F)=CCCCCCCCCO)C(F)=CCCCCCCCCO. The molecule has 4 N–H and O–H groups in total. The van der Waals surface area contributed by atoms with Crippen molar-refractivity contribution in [2.24, 2.45) is 0 Å². The molecule has 1 saturated carbocycles. The molecule has 202 valence electrons. The second-order valence-corrected chi connectivity index (χ2v) is 9.46. The minimum atomic E-state index is -0.815. The van der Waals surface area contributed by atoms with Crippen molar-refractivity contribution in [1.82, 2.24) is 10.6 Å². The number of amides is 2. The maximum atomic E-state index is 14.2. The number of aliphatic hydroxyl groups excluding tert-OH is 2. The average molecular weight is 501 g/mol. The number of carbonyl (C=O) groups excluding carboxylic acids is 2. The monoisotopic (exact) mass is 500 g/mol. The van der Waals surface area contributed by atoms with Gasteiger partial charge in [-0.2, -0.15) is 0 Å². The van der Waals surface area contributed by atoms with Crippen LogP contribution in [0.25, 0.3) is 0 Å². The van der Waals surface area contributed by atoms with Crippen LogP contribution in [0.1, 0.15) is 109 Å². The summed E-state index contributed by atoms with van der Waals surface area (Å²) in [5.41, 5.74) is 0. The normalized spacial score (nSPS) is 18.6. The zero-order chi connectivity index (χ0) is 25.7. The van der Waals surface area contributed by atoms with Gasteiger partial charge in [0.05, 0.1) is 0 Å². The topological polar surface area (TPSA) is 98.7 Å². The molecule has 0 radical (unpaired) electrons. The van der Waals surface area contributed by atoms with Crippen molar-refractivity contribution in [3.63, 3.8) is 0 Å². The van der Waals surface area contributed by atoms with Crippen molar-refractivity contribution in [3.05, 3.63) is 23.8 Å². The number of unbranched alkanes of at least 4 members (excludes halogenated alkanes) is 12. The van der Waals surface area contributed by atoms with Gasteiger partial charge in [-0.05, 0) is 69.9 Å². The van der Waals surface area contributed by atoms with Gasteiger partial charge in [0.2, 0.25) is 0 Å². The summed E-state index contributed by atoms with van der Waals surface area (Å²) in [5, 5.41) is 22.8. The maximum absolute atomic E-state index is 14.2. The molecule has 0 aromatic rings. The molecule has 1 aliphatic carbocycles. The van der Waals surface area contributed by atoms with E-state index in [0.717, 1.165) is 83.5 Å². The smallest absolute Gasteiger partial charge is 0.279 e. The van der Waals surface area contributed by atoms with Crippen LogP contribution in [0, 0.1) is 0 Å². The van der Waals surface area contributed by atoms with Gasteiger partial charge in [0.25, 0.3) is 11.8 Å². The van der Waals surface area contributed by atoms with Gasteiger partial charge >= 0.3 is 0 Å². The van der Waals surface area contributed by atoms with E-state index in [1.807, 2.05) is 0 Å². The molecule has 1 rings (SSSR count). The number of halogens is 2. The van der Waals surface area contributed by atoms with Crippen molar-refractivity contribution < 1.29 is 28.6 Å². The van der Waals surface area contributed by atoms with Crippen LogP contribution in [-0.4, -0.2) is 47.3 Å². The molecular formula is C27H46F2N2O4. The molecule has 1 aliphatic rings. The number of rotatable bonds is 20. The first kappa shape index (κ1) is 31.2. The van der Waals surface area contributed by atoms with Gasteiger partial charge in [0.15, 0.2) is 11.7 Å². The van der Waals surface area contributed by atoms with Gasteiger partial charge in [-0.15, -0.1) is 0 Å². The number of hydrogen-bond donors (Lipinski definition) is 4. The molecule has 2 unspecified atom stereocenters. The van der Waals surface area contributed by atoms with E-state index in [0.29, 0.717) is 25.7 Å². The lowest BCUT2D eigenvalue weighted by molar-refractivity contribution is -0.122. The van der Waals surface area contributed by atoms with Crippen molar-refractivity contribution >= 4 is 11.8 Å². The molecule has 0 heterocycles. The van der Waals surface area contributed by atoms with Crippen LogP contribution in [0.5, 0.6) is 0 Å². The minimum Gasteiger partial charge on any atom is -0.396 e. The maximum Gasteiger partial charge on any atom is 0.279 e. The highest BCUT2D eigenvalue weighted by Gasteiger charge is 2.31. The average Bonchev–Trinajstić information content (AvgIpc) is 3.28. The van der Waals surface area contributed by atoms with Crippen molar-refractivity contribution in [2.45, 2.75) is 121 Å². The summed E-state index contributed by atoms with van der Waals surface area (Å²) < 4.78 is 28.4. The minimum absolute atomic E-state index is 0.216. The molecule has 2 atom stereocenters. The molecule has 8 heteroatoms. The Labute approximate surface area is 209 Å². The van der Waals surface area contributed by atoms with Gasteiger partial charge in [-0.25, -0.2) is 8.78 Å². The molecule has 0 spiro atoms. The third-order valence-corrected chi connectivity index (χ3v) is 6.45. The zero-order valence-electron chi connectivity index (χ0n) is 21.2. The van der Waals surface area contributed by atoms with Crippen LogP contribution in [0.4, 0.5) is 8.78 Å². The number of nitrogens with one attached hydrogen (secondary N) is 2. The first-order chi connectivity index (χ1) is 17.0. The summed E-state index contributed by atoms with van der Waals surface area (Å²) in [7, 11) is 0. The summed E-state index contributed by atoms with van der Waals surface area (Å²) in [5.74, 6) is -3.20. The highest BCUT2D eigenvalue weighted by Crippen LogP contribution is 2.21. The number of aliphatic hydroxyl groups is 2. The first-order valence-electron chi connectivity index (χ1n) is 13.5. The Kier molecular flexibility index (Phi) is 18.2. The zero-order valence-corrected chi connectivity index (χ0v) is 21.2. The van der Waals surface area contributed by atoms with Gasteiger partial charge in [-0.3, -0.25) is 9.59 Å². The van der Waals surface area contributed by atoms with E-state index in [-0.39, 0.29) is 13.2 Å². The Morgan fingerprint density at radius 2 is 0.971 bits per heavy atom. The molecule has 0 aromatic heterocycles. The van der Waals surface area contributed by atoms with Crippen molar-refractivity contribution in [3.8, 4) is 0 Å². The second-order valence-electron chi connectivity index (χ2n) is 9.46. The molecule has 6 nitrogen and oxygen atoms in total. The fourth-order valence-corrected chi connectivity index (χ4v) is 4.35. The summed E-state index contributed by atoms with van der Waals surface area (Å²) in [4.78, 5) is 24.4. The van der Waals surface area contributed by atoms with Gasteiger partial charge in [0, 0.05) is 25.3 Å². The van der Waals surface area contributed by atoms with Gasteiger partial charge in [-0.1, -0.05) is 51.4 Å². The van der Waals surface area contributed by atoms with E-state index in [1.165, 1.54) is 12.2 Å². The van der Waals surface area contributed by atoms with Crippen LogP contribution in [0.15, 0.2) is 23.8 Å². The largest absolute Gasteiger partial charge is 0.396 e. The molecule has 0 bridgehead atoms. The lowest BCUT2D eigenvalue weighted by Gasteiger charge is -2.21. The van der Waals surface area contributed by atoms with Crippen LogP contribution in [0.2, 0.25) is 0 Å². The van der Waals surface area contributed by atoms with Crippen LogP contribution in [-0.2, 0) is 9.59 Å². The van der Waals surface area contributed by atoms with E-state index < -0.39 is 35.6 Å². The first-order valence-corrected chi connectivity index (χ1v) is 13.5. The Hall–Kier alpha value is -1.80. The highest BCUT2D eigenvalue weighted by molar-refractivity contribution is 5.92. The molecule has 1 fully saturated rings. The third kappa shape index (κ3) is 15.0. The summed E-state index contributed by atoms with van der Waals surface area (Å²) in [6.45, 7) is 0.433. The third-order valence-electron chi connectivity index (χ3n) is 6.45. The molecule has 0 saturated heterocycles. The number of carbonyl (C=O) groups is 2. The fourth-order valence-electron chi connectivity index (χ4n) is 4.35. The van der Waals surface area contributed by atoms with Gasteiger partial charge in [0.1, 0.15) is 0 Å². The molecule has 0 aromatic carbocycles.